The SMILES string of the molecule is CCC1CCCCN1S(=O)(=O)c1ccn[nH]1. The number of aromatic nitrogens is 2. The van der Waals surface area contributed by atoms with E-state index < -0.39 is 10.0 Å². The van der Waals surface area contributed by atoms with Crippen LogP contribution < -0.4 is 0 Å². The Hall–Kier alpha value is -0.880. The fraction of sp³-hybridized carbons (Fsp3) is 0.700. The molecule has 0 radical (unpaired) electrons. The van der Waals surface area contributed by atoms with Crippen LogP contribution in [-0.2, 0) is 10.0 Å². The average molecular weight is 243 g/mol. The highest BCUT2D eigenvalue weighted by Gasteiger charge is 2.33. The van der Waals surface area contributed by atoms with Crippen LogP contribution in [0.3, 0.4) is 0 Å². The maximum absolute atomic E-state index is 12.3. The third-order valence-corrected chi connectivity index (χ3v) is 4.99. The number of H-pyrrole nitrogens is 1. The lowest BCUT2D eigenvalue weighted by Gasteiger charge is -2.33. The van der Waals surface area contributed by atoms with Crippen molar-refractivity contribution < 1.29 is 8.42 Å². The maximum Gasteiger partial charge on any atom is 0.260 e. The zero-order chi connectivity index (χ0) is 11.6. The van der Waals surface area contributed by atoms with E-state index in [0.717, 1.165) is 25.7 Å². The van der Waals surface area contributed by atoms with E-state index in [-0.39, 0.29) is 11.1 Å². The van der Waals surface area contributed by atoms with E-state index in [9.17, 15) is 8.42 Å². The molecule has 0 spiro atoms. The van der Waals surface area contributed by atoms with Gasteiger partial charge >= 0.3 is 0 Å². The molecule has 1 unspecified atom stereocenters. The van der Waals surface area contributed by atoms with Crippen LogP contribution in [0.2, 0.25) is 0 Å². The minimum absolute atomic E-state index is 0.141. The van der Waals surface area contributed by atoms with E-state index in [1.807, 2.05) is 6.92 Å². The summed E-state index contributed by atoms with van der Waals surface area (Å²) in [5.41, 5.74) is 0. The molecule has 90 valence electrons. The number of sulfonamides is 1. The number of rotatable bonds is 3. The lowest BCUT2D eigenvalue weighted by atomic mass is 10.0. The zero-order valence-electron chi connectivity index (χ0n) is 9.39. The van der Waals surface area contributed by atoms with Gasteiger partial charge < -0.3 is 0 Å². The van der Waals surface area contributed by atoms with Gasteiger partial charge in [-0.2, -0.15) is 9.40 Å². The Labute approximate surface area is 95.9 Å². The molecule has 16 heavy (non-hydrogen) atoms. The zero-order valence-corrected chi connectivity index (χ0v) is 10.2. The van der Waals surface area contributed by atoms with Crippen LogP contribution in [0.1, 0.15) is 32.6 Å². The summed E-state index contributed by atoms with van der Waals surface area (Å²) in [4.78, 5) is 0. The number of nitrogens with zero attached hydrogens (tertiary/aromatic N) is 2. The van der Waals surface area contributed by atoms with Gasteiger partial charge in [0.1, 0.15) is 0 Å². The van der Waals surface area contributed by atoms with Gasteiger partial charge in [-0.1, -0.05) is 13.3 Å². The summed E-state index contributed by atoms with van der Waals surface area (Å²) in [6.07, 6.45) is 5.37. The molecule has 0 bridgehead atoms. The Bertz CT molecular complexity index is 427. The van der Waals surface area contributed by atoms with Gasteiger partial charge in [-0.15, -0.1) is 0 Å². The molecular formula is C10H17N3O2S. The molecule has 1 aromatic rings. The first kappa shape index (κ1) is 11.6. The summed E-state index contributed by atoms with van der Waals surface area (Å²) in [7, 11) is -3.36. The largest absolute Gasteiger partial charge is 0.266 e. The molecule has 1 aliphatic heterocycles. The van der Waals surface area contributed by atoms with Crippen LogP contribution in [0.4, 0.5) is 0 Å². The van der Waals surface area contributed by atoms with Crippen molar-refractivity contribution in [2.75, 3.05) is 6.54 Å². The lowest BCUT2D eigenvalue weighted by Crippen LogP contribution is -2.43. The van der Waals surface area contributed by atoms with Gasteiger partial charge in [-0.3, -0.25) is 5.10 Å². The van der Waals surface area contributed by atoms with Crippen molar-refractivity contribution in [1.29, 1.82) is 0 Å². The van der Waals surface area contributed by atoms with E-state index in [4.69, 9.17) is 0 Å². The molecule has 0 saturated carbocycles. The van der Waals surface area contributed by atoms with E-state index in [1.54, 1.807) is 4.31 Å². The second-order valence-corrected chi connectivity index (χ2v) is 5.95. The van der Waals surface area contributed by atoms with E-state index >= 15 is 0 Å². The van der Waals surface area contributed by atoms with Gasteiger partial charge in [-0.25, -0.2) is 8.42 Å². The highest BCUT2D eigenvalue weighted by molar-refractivity contribution is 7.89. The molecule has 0 amide bonds. The number of nitrogens with one attached hydrogen (secondary N) is 1. The number of hydrogen-bond donors (Lipinski definition) is 1. The van der Waals surface area contributed by atoms with Gasteiger partial charge in [0.2, 0.25) is 0 Å². The normalized spacial score (nSPS) is 23.4. The molecule has 5 nitrogen and oxygen atoms in total. The van der Waals surface area contributed by atoms with Gasteiger partial charge in [0.05, 0.1) is 6.20 Å². The van der Waals surface area contributed by atoms with Gasteiger partial charge in [0.25, 0.3) is 10.0 Å². The van der Waals surface area contributed by atoms with E-state index in [2.05, 4.69) is 10.2 Å². The van der Waals surface area contributed by atoms with Crippen LogP contribution in [0.15, 0.2) is 17.3 Å². The molecule has 2 rings (SSSR count). The van der Waals surface area contributed by atoms with Crippen molar-refractivity contribution in [1.82, 2.24) is 14.5 Å². The quantitative estimate of drug-likeness (QED) is 0.871. The van der Waals surface area contributed by atoms with Crippen LogP contribution in [0.25, 0.3) is 0 Å². The molecule has 2 heterocycles. The highest BCUT2D eigenvalue weighted by Crippen LogP contribution is 2.25. The smallest absolute Gasteiger partial charge is 0.260 e. The van der Waals surface area contributed by atoms with E-state index in [0.29, 0.717) is 6.54 Å². The van der Waals surface area contributed by atoms with Gasteiger partial charge in [0.15, 0.2) is 5.03 Å². The second kappa shape index (κ2) is 4.55. The van der Waals surface area contributed by atoms with Crippen molar-refractivity contribution >= 4 is 10.0 Å². The predicted molar refractivity (Wildman–Crippen MR) is 60.4 cm³/mol. The molecule has 1 fully saturated rings. The fourth-order valence-corrected chi connectivity index (χ4v) is 3.88. The first-order valence-electron chi connectivity index (χ1n) is 5.67. The molecule has 6 heteroatoms. The molecular weight excluding hydrogens is 226 g/mol. The third kappa shape index (κ3) is 1.99. The first-order valence-corrected chi connectivity index (χ1v) is 7.11. The topological polar surface area (TPSA) is 66.1 Å². The van der Waals surface area contributed by atoms with Crippen LogP contribution >= 0.6 is 0 Å². The molecule has 1 N–H and O–H groups in total. The van der Waals surface area contributed by atoms with Crippen molar-refractivity contribution in [3.05, 3.63) is 12.3 Å². The van der Waals surface area contributed by atoms with Crippen LogP contribution in [0.5, 0.6) is 0 Å². The van der Waals surface area contributed by atoms with E-state index in [1.165, 1.54) is 12.3 Å². The Morgan fingerprint density at radius 3 is 3.00 bits per heavy atom. The van der Waals surface area contributed by atoms with Gasteiger partial charge in [0, 0.05) is 12.6 Å². The Morgan fingerprint density at radius 2 is 2.38 bits per heavy atom. The minimum Gasteiger partial charge on any atom is -0.266 e. The van der Waals surface area contributed by atoms with Crippen LogP contribution in [0, 0.1) is 0 Å². The summed E-state index contributed by atoms with van der Waals surface area (Å²) in [6.45, 7) is 2.66. The maximum atomic E-state index is 12.3. The Morgan fingerprint density at radius 1 is 1.56 bits per heavy atom. The first-order chi connectivity index (χ1) is 7.66. The monoisotopic (exact) mass is 243 g/mol. The predicted octanol–water partition coefficient (Wildman–Crippen LogP) is 1.36. The standard InChI is InChI=1S/C10H17N3O2S/c1-2-9-5-3-4-8-13(9)16(14,15)10-6-7-11-12-10/h6-7,9H,2-5,8H2,1H3,(H,11,12). The molecule has 0 aliphatic carbocycles. The number of aromatic amines is 1. The number of piperidine rings is 1. The number of hydrogen-bond acceptors (Lipinski definition) is 3. The summed E-state index contributed by atoms with van der Waals surface area (Å²) < 4.78 is 26.2. The Kier molecular flexibility index (Phi) is 3.30. The van der Waals surface area contributed by atoms with Crippen molar-refractivity contribution in [2.45, 2.75) is 43.7 Å². The average Bonchev–Trinajstić information content (AvgIpc) is 2.83. The van der Waals surface area contributed by atoms with Crippen molar-refractivity contribution in [3.8, 4) is 0 Å². The molecule has 1 aromatic heterocycles. The Balaban J connectivity index is 2.28. The highest BCUT2D eigenvalue weighted by atomic mass is 32.2. The lowest BCUT2D eigenvalue weighted by molar-refractivity contribution is 0.246. The van der Waals surface area contributed by atoms with Crippen molar-refractivity contribution in [2.24, 2.45) is 0 Å². The fourth-order valence-electron chi connectivity index (χ4n) is 2.21. The molecule has 1 saturated heterocycles. The summed E-state index contributed by atoms with van der Waals surface area (Å²) >= 11 is 0. The molecule has 1 aliphatic rings. The third-order valence-electron chi connectivity index (χ3n) is 3.11. The van der Waals surface area contributed by atoms with Crippen LogP contribution in [-0.4, -0.2) is 35.5 Å². The summed E-state index contributed by atoms with van der Waals surface area (Å²) in [6, 6.07) is 1.65. The van der Waals surface area contributed by atoms with Crippen molar-refractivity contribution in [3.63, 3.8) is 0 Å². The minimum atomic E-state index is -3.36. The molecule has 0 aromatic carbocycles. The summed E-state index contributed by atoms with van der Waals surface area (Å²) in [5, 5.41) is 6.44. The van der Waals surface area contributed by atoms with Gasteiger partial charge in [-0.05, 0) is 25.3 Å². The molecule has 1 atom stereocenters. The summed E-state index contributed by atoms with van der Waals surface area (Å²) in [5.74, 6) is 0. The second-order valence-electron chi connectivity index (χ2n) is 4.09.